The number of amides is 3. The van der Waals surface area contributed by atoms with Gasteiger partial charge in [-0.15, -0.1) is 0 Å². The van der Waals surface area contributed by atoms with Crippen molar-refractivity contribution in [1.29, 1.82) is 0 Å². The molecule has 1 aliphatic carbocycles. The summed E-state index contributed by atoms with van der Waals surface area (Å²) in [5.41, 5.74) is 2.79. The highest BCUT2D eigenvalue weighted by Crippen LogP contribution is 2.33. The van der Waals surface area contributed by atoms with Crippen molar-refractivity contribution >= 4 is 50.7 Å². The van der Waals surface area contributed by atoms with Crippen LogP contribution in [-0.4, -0.2) is 29.0 Å². The Kier molecular flexibility index (Phi) is 9.11. The molecule has 4 rings (SSSR count). The lowest BCUT2D eigenvalue weighted by molar-refractivity contribution is -0.111. The lowest BCUT2D eigenvalue weighted by Gasteiger charge is -2.37. The van der Waals surface area contributed by atoms with Gasteiger partial charge in [0.2, 0.25) is 11.6 Å². The highest BCUT2D eigenvalue weighted by Gasteiger charge is 2.30. The van der Waals surface area contributed by atoms with Gasteiger partial charge in [0.05, 0.1) is 12.3 Å². The number of benzene rings is 2. The van der Waals surface area contributed by atoms with Crippen molar-refractivity contribution in [3.05, 3.63) is 101 Å². The first-order valence-corrected chi connectivity index (χ1v) is 13.2. The fourth-order valence-corrected chi connectivity index (χ4v) is 4.87. The van der Waals surface area contributed by atoms with Crippen LogP contribution in [0.5, 0.6) is 0 Å². The third-order valence-corrected chi connectivity index (χ3v) is 7.16. The summed E-state index contributed by atoms with van der Waals surface area (Å²) in [5, 5.41) is 9.32. The van der Waals surface area contributed by atoms with Crippen molar-refractivity contribution < 1.29 is 9.59 Å². The zero-order chi connectivity index (χ0) is 26.9. The summed E-state index contributed by atoms with van der Waals surface area (Å²) in [6.45, 7) is 11.0. The number of nitrogens with one attached hydrogen (secondary N) is 3. The van der Waals surface area contributed by atoms with E-state index in [1.165, 1.54) is 6.08 Å². The molecule has 1 fully saturated rings. The van der Waals surface area contributed by atoms with Gasteiger partial charge in [0.1, 0.15) is 5.82 Å². The monoisotopic (exact) mass is 572 g/mol. The first-order chi connectivity index (χ1) is 18.5. The maximum Gasteiger partial charge on any atom is 0.322 e. The van der Waals surface area contributed by atoms with E-state index >= 15 is 0 Å². The van der Waals surface area contributed by atoms with E-state index in [1.54, 1.807) is 23.2 Å². The van der Waals surface area contributed by atoms with Crippen LogP contribution in [0, 0.1) is 6.57 Å². The Balaban J connectivity index is 1.50. The second kappa shape index (κ2) is 12.9. The molecule has 1 aromatic heterocycles. The van der Waals surface area contributed by atoms with Gasteiger partial charge in [0.25, 0.3) is 0 Å². The van der Waals surface area contributed by atoms with E-state index in [0.717, 1.165) is 37.1 Å². The molecular formula is C29H29BrN6O2. The third-order valence-electron chi connectivity index (χ3n) is 6.47. The zero-order valence-electron chi connectivity index (χ0n) is 20.9. The number of hydrogen-bond acceptors (Lipinski definition) is 4. The average molecular weight is 573 g/mol. The van der Waals surface area contributed by atoms with Crippen molar-refractivity contribution in [2.45, 2.75) is 44.3 Å². The standard InChI is InChI=1S/C29H29BrN6O2/c1-3-28(37)35-26-17-24(14-15-25(26)30)36(29(38)33-18-20-7-5-4-6-8-20)23-12-9-21(10-13-23)34-27-16-11-22(31-2)19-32-27/h3-8,11,14-17,19,21,23H,1,9-10,12-13,18H2,(H,32,34)(H,33,38)(H,35,37). The molecule has 1 saturated carbocycles. The predicted molar refractivity (Wildman–Crippen MR) is 154 cm³/mol. The normalized spacial score (nSPS) is 16.5. The lowest BCUT2D eigenvalue weighted by atomic mass is 9.90. The number of carbonyl (C=O) groups is 2. The Labute approximate surface area is 231 Å². The predicted octanol–water partition coefficient (Wildman–Crippen LogP) is 6.66. The SMILES string of the molecule is [C-]#[N+]c1ccc(NC2CCC(N(C(=O)NCc3ccccc3)c3ccc(Br)c(NC(=O)C=C)c3)CC2)nc1. The number of halogens is 1. The van der Waals surface area contributed by atoms with Gasteiger partial charge in [0.15, 0.2) is 0 Å². The summed E-state index contributed by atoms with van der Waals surface area (Å²) in [7, 11) is 0. The minimum atomic E-state index is -0.326. The summed E-state index contributed by atoms with van der Waals surface area (Å²) in [4.78, 5) is 35.1. The molecule has 8 nitrogen and oxygen atoms in total. The van der Waals surface area contributed by atoms with E-state index in [0.29, 0.717) is 28.1 Å². The van der Waals surface area contributed by atoms with E-state index in [4.69, 9.17) is 6.57 Å². The molecule has 0 spiro atoms. The smallest absolute Gasteiger partial charge is 0.322 e. The van der Waals surface area contributed by atoms with Gasteiger partial charge < -0.3 is 16.0 Å². The molecule has 1 heterocycles. The number of nitrogens with zero attached hydrogens (tertiary/aromatic N) is 3. The quantitative estimate of drug-likeness (QED) is 0.208. The van der Waals surface area contributed by atoms with Crippen LogP contribution in [0.3, 0.4) is 0 Å². The number of carbonyl (C=O) groups excluding carboxylic acids is 2. The minimum Gasteiger partial charge on any atom is -0.367 e. The van der Waals surface area contributed by atoms with Crippen molar-refractivity contribution in [1.82, 2.24) is 10.3 Å². The van der Waals surface area contributed by atoms with Gasteiger partial charge in [-0.1, -0.05) is 43.0 Å². The zero-order valence-corrected chi connectivity index (χ0v) is 22.4. The fraction of sp³-hybridized carbons (Fsp3) is 0.241. The topological polar surface area (TPSA) is 90.7 Å². The first-order valence-electron chi connectivity index (χ1n) is 12.4. The summed E-state index contributed by atoms with van der Waals surface area (Å²) in [6, 6.07) is 18.9. The Morgan fingerprint density at radius 1 is 1.11 bits per heavy atom. The largest absolute Gasteiger partial charge is 0.367 e. The molecular weight excluding hydrogens is 544 g/mol. The molecule has 3 N–H and O–H groups in total. The van der Waals surface area contributed by atoms with Gasteiger partial charge in [0, 0.05) is 35.0 Å². The summed E-state index contributed by atoms with van der Waals surface area (Å²) in [6.07, 6.45) is 6.08. The Hall–Kier alpha value is -4.16. The van der Waals surface area contributed by atoms with Crippen LogP contribution in [-0.2, 0) is 11.3 Å². The van der Waals surface area contributed by atoms with E-state index in [9.17, 15) is 9.59 Å². The second-order valence-electron chi connectivity index (χ2n) is 9.04. The van der Waals surface area contributed by atoms with E-state index in [2.05, 4.69) is 48.3 Å². The van der Waals surface area contributed by atoms with E-state index in [-0.39, 0.29) is 24.0 Å². The molecule has 0 saturated heterocycles. The average Bonchev–Trinajstić information content (AvgIpc) is 2.95. The molecule has 3 aromatic rings. The van der Waals surface area contributed by atoms with Crippen LogP contribution in [0.2, 0.25) is 0 Å². The Morgan fingerprint density at radius 3 is 2.53 bits per heavy atom. The fourth-order valence-electron chi connectivity index (χ4n) is 4.52. The van der Waals surface area contributed by atoms with Crippen molar-refractivity contribution in [3.63, 3.8) is 0 Å². The summed E-state index contributed by atoms with van der Waals surface area (Å²) < 4.78 is 0.714. The molecule has 38 heavy (non-hydrogen) atoms. The number of anilines is 3. The van der Waals surface area contributed by atoms with E-state index in [1.807, 2.05) is 48.5 Å². The van der Waals surface area contributed by atoms with Crippen molar-refractivity contribution in [3.8, 4) is 0 Å². The van der Waals surface area contributed by atoms with Crippen LogP contribution >= 0.6 is 15.9 Å². The van der Waals surface area contributed by atoms with Crippen LogP contribution in [0.1, 0.15) is 31.2 Å². The number of hydrogen-bond donors (Lipinski definition) is 3. The highest BCUT2D eigenvalue weighted by atomic mass is 79.9. The lowest BCUT2D eigenvalue weighted by Crippen LogP contribution is -2.48. The van der Waals surface area contributed by atoms with Gasteiger partial charge in [-0.05, 0) is 77.5 Å². The first kappa shape index (κ1) is 26.9. The molecule has 2 aromatic carbocycles. The molecule has 0 aliphatic heterocycles. The summed E-state index contributed by atoms with van der Waals surface area (Å²) in [5.74, 6) is 0.418. The molecule has 0 bridgehead atoms. The maximum absolute atomic E-state index is 13.6. The van der Waals surface area contributed by atoms with Crippen LogP contribution in [0.15, 0.2) is 84.0 Å². The maximum atomic E-state index is 13.6. The molecule has 194 valence electrons. The van der Waals surface area contributed by atoms with Crippen molar-refractivity contribution in [2.24, 2.45) is 0 Å². The molecule has 3 amide bonds. The van der Waals surface area contributed by atoms with Crippen LogP contribution < -0.4 is 20.9 Å². The van der Waals surface area contributed by atoms with Crippen LogP contribution in [0.25, 0.3) is 4.85 Å². The Bertz CT molecular complexity index is 1320. The van der Waals surface area contributed by atoms with Crippen molar-refractivity contribution in [2.75, 3.05) is 15.5 Å². The molecule has 0 atom stereocenters. The second-order valence-corrected chi connectivity index (χ2v) is 9.89. The highest BCUT2D eigenvalue weighted by molar-refractivity contribution is 9.10. The number of rotatable bonds is 8. The van der Waals surface area contributed by atoms with Crippen LogP contribution in [0.4, 0.5) is 27.7 Å². The van der Waals surface area contributed by atoms with Gasteiger partial charge in [-0.3, -0.25) is 14.7 Å². The van der Waals surface area contributed by atoms with Gasteiger partial charge >= 0.3 is 6.03 Å². The van der Waals surface area contributed by atoms with E-state index < -0.39 is 0 Å². The number of aromatic nitrogens is 1. The number of urea groups is 1. The molecule has 1 aliphatic rings. The number of pyridine rings is 1. The Morgan fingerprint density at radius 2 is 1.87 bits per heavy atom. The minimum absolute atomic E-state index is 0.0228. The van der Waals surface area contributed by atoms with Gasteiger partial charge in [-0.2, -0.15) is 0 Å². The molecule has 9 heteroatoms. The molecule has 0 unspecified atom stereocenters. The molecule has 0 radical (unpaired) electrons. The summed E-state index contributed by atoms with van der Waals surface area (Å²) >= 11 is 3.48. The third kappa shape index (κ3) is 6.99. The van der Waals surface area contributed by atoms with Gasteiger partial charge in [-0.25, -0.2) is 9.64 Å².